The van der Waals surface area contributed by atoms with Gasteiger partial charge >= 0.3 is 0 Å². The van der Waals surface area contributed by atoms with Crippen LogP contribution in [0.5, 0.6) is 11.5 Å². The summed E-state index contributed by atoms with van der Waals surface area (Å²) < 4.78 is 28.7. The molecule has 2 aromatic carbocycles. The lowest BCUT2D eigenvalue weighted by molar-refractivity contribution is 0.0398. The Kier molecular flexibility index (Phi) is 7.17. The number of ether oxygens (including phenoxy) is 2. The minimum absolute atomic E-state index is 0.0506. The van der Waals surface area contributed by atoms with Gasteiger partial charge in [0.1, 0.15) is 16.8 Å². The number of anilines is 1. The van der Waals surface area contributed by atoms with Crippen molar-refractivity contribution in [2.24, 2.45) is 5.73 Å². The maximum absolute atomic E-state index is 15.4. The smallest absolute Gasteiger partial charge is 0.256 e. The quantitative estimate of drug-likeness (QED) is 0.306. The molecule has 0 unspecified atom stereocenters. The van der Waals surface area contributed by atoms with Gasteiger partial charge < -0.3 is 30.4 Å². The molecule has 0 saturated carbocycles. The van der Waals surface area contributed by atoms with Crippen LogP contribution in [0.1, 0.15) is 23.2 Å². The first kappa shape index (κ1) is 24.2. The summed E-state index contributed by atoms with van der Waals surface area (Å²) in [5.41, 5.74) is 6.21. The van der Waals surface area contributed by atoms with Crippen molar-refractivity contribution in [2.75, 3.05) is 57.8 Å². The Morgan fingerprint density at radius 1 is 1.14 bits per heavy atom. The number of halogens is 1. The highest BCUT2D eigenvalue weighted by Gasteiger charge is 2.28. The number of aromatic nitrogens is 1. The van der Waals surface area contributed by atoms with E-state index in [1.807, 2.05) is 18.2 Å². The Labute approximate surface area is 208 Å². The van der Waals surface area contributed by atoms with Crippen LogP contribution in [0.2, 0.25) is 0 Å². The summed E-state index contributed by atoms with van der Waals surface area (Å²) in [6.07, 6.45) is 2.99. The van der Waals surface area contributed by atoms with E-state index >= 15 is 4.39 Å². The standard InChI is InChI=1S/C26H30FN5O4/c27-19-15-17-23-25(22(19)29-9-10-31-11-13-35-14-12-31)36-21-6-2-1-5-20(21)32(23)16-18(24(17)33)26(34)30-8-4-3-7-28/h1-2,5-6,15-16,29H,3-4,7-14,28H2,(H,30,34). The molecule has 0 spiro atoms. The van der Waals surface area contributed by atoms with Gasteiger partial charge in [0, 0.05) is 38.9 Å². The number of unbranched alkanes of at least 4 members (excludes halogenated alkanes) is 1. The fraction of sp³-hybridized carbons (Fsp3) is 0.385. The lowest BCUT2D eigenvalue weighted by Gasteiger charge is -2.28. The molecule has 1 amide bonds. The number of nitrogens with one attached hydrogen (secondary N) is 2. The highest BCUT2D eigenvalue weighted by Crippen LogP contribution is 2.44. The third kappa shape index (κ3) is 4.67. The number of fused-ring (bicyclic) bond motifs is 2. The second-order valence-electron chi connectivity index (χ2n) is 8.90. The van der Waals surface area contributed by atoms with Gasteiger partial charge in [0.25, 0.3) is 5.91 Å². The number of nitrogens with zero attached hydrogens (tertiary/aromatic N) is 2. The van der Waals surface area contributed by atoms with E-state index in [1.165, 1.54) is 12.3 Å². The molecule has 190 valence electrons. The molecule has 2 aliphatic heterocycles. The highest BCUT2D eigenvalue weighted by molar-refractivity contribution is 6.01. The third-order valence-corrected chi connectivity index (χ3v) is 6.53. The summed E-state index contributed by atoms with van der Waals surface area (Å²) >= 11 is 0. The predicted molar refractivity (Wildman–Crippen MR) is 136 cm³/mol. The molecular formula is C26H30FN5O4. The molecule has 36 heavy (non-hydrogen) atoms. The van der Waals surface area contributed by atoms with Crippen molar-refractivity contribution < 1.29 is 18.7 Å². The van der Waals surface area contributed by atoms with Gasteiger partial charge in [-0.05, 0) is 37.6 Å². The van der Waals surface area contributed by atoms with Crippen LogP contribution in [0.25, 0.3) is 16.6 Å². The minimum atomic E-state index is -0.608. The number of carbonyl (C=O) groups excluding carboxylic acids is 1. The zero-order valence-corrected chi connectivity index (χ0v) is 20.0. The number of benzene rings is 2. The van der Waals surface area contributed by atoms with Crippen molar-refractivity contribution in [3.8, 4) is 17.2 Å². The number of para-hydroxylation sites is 2. The van der Waals surface area contributed by atoms with Crippen LogP contribution < -0.4 is 26.5 Å². The number of hydrogen-bond donors (Lipinski definition) is 3. The first-order chi connectivity index (χ1) is 17.6. The summed E-state index contributed by atoms with van der Waals surface area (Å²) in [6.45, 7) is 5.17. The molecule has 4 N–H and O–H groups in total. The van der Waals surface area contributed by atoms with Crippen molar-refractivity contribution in [1.29, 1.82) is 0 Å². The summed E-state index contributed by atoms with van der Waals surface area (Å²) in [4.78, 5) is 28.5. The van der Waals surface area contributed by atoms with Crippen molar-refractivity contribution in [1.82, 2.24) is 14.8 Å². The third-order valence-electron chi connectivity index (χ3n) is 6.53. The minimum Gasteiger partial charge on any atom is -0.451 e. The van der Waals surface area contributed by atoms with Crippen LogP contribution in [0.15, 0.2) is 41.3 Å². The number of morpholine rings is 1. The van der Waals surface area contributed by atoms with E-state index < -0.39 is 17.2 Å². The molecule has 9 nitrogen and oxygen atoms in total. The van der Waals surface area contributed by atoms with Crippen molar-refractivity contribution in [3.63, 3.8) is 0 Å². The second-order valence-corrected chi connectivity index (χ2v) is 8.90. The lowest BCUT2D eigenvalue weighted by atomic mass is 10.1. The fourth-order valence-electron chi connectivity index (χ4n) is 4.62. The van der Waals surface area contributed by atoms with Crippen LogP contribution in [0.3, 0.4) is 0 Å². The van der Waals surface area contributed by atoms with Crippen molar-refractivity contribution >= 4 is 22.5 Å². The van der Waals surface area contributed by atoms with Gasteiger partial charge in [-0.15, -0.1) is 0 Å². The number of amides is 1. The Hall–Kier alpha value is -3.47. The normalized spacial score (nSPS) is 14.8. The molecule has 0 aliphatic carbocycles. The van der Waals surface area contributed by atoms with Crippen molar-refractivity contribution in [2.45, 2.75) is 12.8 Å². The van der Waals surface area contributed by atoms with Gasteiger partial charge in [0.2, 0.25) is 5.43 Å². The van der Waals surface area contributed by atoms with Gasteiger partial charge in [-0.3, -0.25) is 14.5 Å². The Bertz CT molecular complexity index is 1340. The van der Waals surface area contributed by atoms with E-state index in [0.717, 1.165) is 19.5 Å². The number of nitrogens with two attached hydrogens (primary N) is 1. The molecule has 0 radical (unpaired) electrons. The van der Waals surface area contributed by atoms with Gasteiger partial charge in [-0.25, -0.2) is 4.39 Å². The van der Waals surface area contributed by atoms with E-state index in [2.05, 4.69) is 15.5 Å². The molecule has 1 fully saturated rings. The lowest BCUT2D eigenvalue weighted by Crippen LogP contribution is -2.39. The summed E-state index contributed by atoms with van der Waals surface area (Å²) in [5, 5.41) is 6.03. The second kappa shape index (κ2) is 10.7. The maximum Gasteiger partial charge on any atom is 0.256 e. The van der Waals surface area contributed by atoms with E-state index in [-0.39, 0.29) is 22.4 Å². The van der Waals surface area contributed by atoms with E-state index in [9.17, 15) is 9.59 Å². The zero-order valence-electron chi connectivity index (χ0n) is 20.0. The first-order valence-electron chi connectivity index (χ1n) is 12.3. The van der Waals surface area contributed by atoms with Crippen LogP contribution >= 0.6 is 0 Å². The molecular weight excluding hydrogens is 465 g/mol. The molecule has 3 heterocycles. The molecule has 3 aromatic rings. The van der Waals surface area contributed by atoms with E-state index in [4.69, 9.17) is 15.2 Å². The molecule has 0 bridgehead atoms. The summed E-state index contributed by atoms with van der Waals surface area (Å²) in [6, 6.07) is 8.46. The fourth-order valence-corrected chi connectivity index (χ4v) is 4.62. The first-order valence-corrected chi connectivity index (χ1v) is 12.3. The molecule has 10 heteroatoms. The van der Waals surface area contributed by atoms with E-state index in [0.29, 0.717) is 62.8 Å². The molecule has 1 aromatic heterocycles. The average Bonchev–Trinajstić information content (AvgIpc) is 2.90. The van der Waals surface area contributed by atoms with Crippen LogP contribution in [-0.4, -0.2) is 67.9 Å². The number of pyridine rings is 1. The molecule has 1 saturated heterocycles. The monoisotopic (exact) mass is 495 g/mol. The van der Waals surface area contributed by atoms with Gasteiger partial charge in [0.05, 0.1) is 24.3 Å². The largest absolute Gasteiger partial charge is 0.451 e. The van der Waals surface area contributed by atoms with E-state index in [1.54, 1.807) is 10.6 Å². The van der Waals surface area contributed by atoms with Crippen LogP contribution in [-0.2, 0) is 4.74 Å². The summed E-state index contributed by atoms with van der Waals surface area (Å²) in [5.74, 6) is -0.368. The maximum atomic E-state index is 15.4. The average molecular weight is 496 g/mol. The molecule has 5 rings (SSSR count). The zero-order chi connectivity index (χ0) is 25.1. The summed E-state index contributed by atoms with van der Waals surface area (Å²) in [7, 11) is 0. The molecule has 0 atom stereocenters. The van der Waals surface area contributed by atoms with Gasteiger partial charge in [0.15, 0.2) is 17.3 Å². The molecule has 2 aliphatic rings. The van der Waals surface area contributed by atoms with Crippen molar-refractivity contribution in [3.05, 3.63) is 58.1 Å². The predicted octanol–water partition coefficient (Wildman–Crippen LogP) is 2.45. The van der Waals surface area contributed by atoms with Gasteiger partial charge in [-0.1, -0.05) is 12.1 Å². The van der Waals surface area contributed by atoms with Gasteiger partial charge in [-0.2, -0.15) is 0 Å². The highest BCUT2D eigenvalue weighted by atomic mass is 19.1. The Morgan fingerprint density at radius 2 is 1.94 bits per heavy atom. The number of rotatable bonds is 9. The SMILES string of the molecule is NCCCCNC(=O)c1cn2c3c(c(NCCN4CCOCC4)c(F)cc3c1=O)Oc1ccccc1-2. The number of carbonyl (C=O) groups is 1. The topological polar surface area (TPSA) is 111 Å². The van der Waals surface area contributed by atoms with Crippen LogP contribution in [0.4, 0.5) is 10.1 Å². The Morgan fingerprint density at radius 3 is 2.75 bits per heavy atom. The number of hydrogen-bond acceptors (Lipinski definition) is 7. The van der Waals surface area contributed by atoms with Crippen LogP contribution in [0, 0.1) is 5.82 Å². The Balaban J connectivity index is 1.54.